The van der Waals surface area contributed by atoms with E-state index in [1.54, 1.807) is 0 Å². The number of carbonyl (C=O) groups is 2. The van der Waals surface area contributed by atoms with Crippen molar-refractivity contribution in [3.63, 3.8) is 0 Å². The number of alkyl halides is 4. The van der Waals surface area contributed by atoms with Gasteiger partial charge in [-0.15, -0.1) is 0 Å². The number of ether oxygens (including phenoxy) is 3. The monoisotopic (exact) mass is 312 g/mol. The van der Waals surface area contributed by atoms with E-state index in [9.17, 15) is 27.2 Å². The molecule has 3 saturated heterocycles. The second-order valence-electron chi connectivity index (χ2n) is 5.98. The zero-order valence-electron chi connectivity index (χ0n) is 11.1. The van der Waals surface area contributed by atoms with Crippen molar-refractivity contribution in [3.05, 3.63) is 0 Å². The Labute approximate surface area is 116 Å². The number of hydrogen-bond acceptors (Lipinski definition) is 5. The van der Waals surface area contributed by atoms with Gasteiger partial charge in [-0.1, -0.05) is 0 Å². The normalized spacial score (nSPS) is 41.3. The van der Waals surface area contributed by atoms with Gasteiger partial charge in [0.15, 0.2) is 17.6 Å². The Morgan fingerprint density at radius 1 is 1.33 bits per heavy atom. The van der Waals surface area contributed by atoms with Gasteiger partial charge in [0, 0.05) is 6.42 Å². The SMILES string of the molecule is CC(C)(F)C(=O)OC1C2CC3(C(F)(F)F)C(=O)OC1C3O2. The van der Waals surface area contributed by atoms with Crippen LogP contribution in [-0.4, -0.2) is 48.2 Å². The lowest BCUT2D eigenvalue weighted by Crippen LogP contribution is -2.52. The lowest BCUT2D eigenvalue weighted by Gasteiger charge is -2.30. The number of hydrogen-bond donors (Lipinski definition) is 0. The molecule has 5 unspecified atom stereocenters. The molecule has 0 saturated carbocycles. The largest absolute Gasteiger partial charge is 0.455 e. The van der Waals surface area contributed by atoms with E-state index in [0.29, 0.717) is 0 Å². The van der Waals surface area contributed by atoms with Crippen LogP contribution in [0.1, 0.15) is 20.3 Å². The van der Waals surface area contributed by atoms with E-state index in [0.717, 1.165) is 13.8 Å². The molecule has 0 N–H and O–H groups in total. The van der Waals surface area contributed by atoms with Crippen molar-refractivity contribution in [2.75, 3.05) is 0 Å². The zero-order chi connectivity index (χ0) is 15.8. The van der Waals surface area contributed by atoms with Gasteiger partial charge in [0.25, 0.3) is 0 Å². The summed E-state index contributed by atoms with van der Waals surface area (Å²) >= 11 is 0. The van der Waals surface area contributed by atoms with Crippen LogP contribution < -0.4 is 0 Å². The third kappa shape index (κ3) is 1.72. The van der Waals surface area contributed by atoms with Crippen LogP contribution in [0.4, 0.5) is 17.6 Å². The zero-order valence-corrected chi connectivity index (χ0v) is 11.1. The summed E-state index contributed by atoms with van der Waals surface area (Å²) < 4.78 is 67.7. The third-order valence-electron chi connectivity index (χ3n) is 4.16. The highest BCUT2D eigenvalue weighted by Gasteiger charge is 2.82. The fourth-order valence-electron chi connectivity index (χ4n) is 3.08. The number of rotatable bonds is 2. The van der Waals surface area contributed by atoms with E-state index in [4.69, 9.17) is 14.2 Å². The van der Waals surface area contributed by atoms with E-state index < -0.39 is 60.0 Å². The summed E-state index contributed by atoms with van der Waals surface area (Å²) in [5, 5.41) is 0. The Morgan fingerprint density at radius 3 is 2.48 bits per heavy atom. The molecule has 9 heteroatoms. The van der Waals surface area contributed by atoms with Crippen LogP contribution in [0.5, 0.6) is 0 Å². The summed E-state index contributed by atoms with van der Waals surface area (Å²) in [5.74, 6) is -2.66. The van der Waals surface area contributed by atoms with Gasteiger partial charge in [0.1, 0.15) is 12.2 Å². The van der Waals surface area contributed by atoms with Gasteiger partial charge in [-0.3, -0.25) is 4.79 Å². The van der Waals surface area contributed by atoms with Crippen molar-refractivity contribution in [2.24, 2.45) is 5.41 Å². The lowest BCUT2D eigenvalue weighted by molar-refractivity contribution is -0.228. The molecule has 5 nitrogen and oxygen atoms in total. The highest BCUT2D eigenvalue weighted by molar-refractivity contribution is 5.83. The number of esters is 2. The fraction of sp³-hybridized carbons (Fsp3) is 0.833. The van der Waals surface area contributed by atoms with Gasteiger partial charge < -0.3 is 14.2 Å². The van der Waals surface area contributed by atoms with Crippen LogP contribution in [-0.2, 0) is 23.8 Å². The Kier molecular flexibility index (Phi) is 2.69. The smallest absolute Gasteiger partial charge is 0.407 e. The lowest BCUT2D eigenvalue weighted by atomic mass is 9.73. The second kappa shape index (κ2) is 3.88. The van der Waals surface area contributed by atoms with Gasteiger partial charge in [-0.25, -0.2) is 9.18 Å². The number of fused-ring (bicyclic) bond motifs is 1. The summed E-state index contributed by atoms with van der Waals surface area (Å²) in [6.07, 6.45) is -10.7. The molecule has 3 aliphatic heterocycles. The van der Waals surface area contributed by atoms with Crippen molar-refractivity contribution < 1.29 is 41.4 Å². The van der Waals surface area contributed by atoms with Crippen molar-refractivity contribution in [1.82, 2.24) is 0 Å². The van der Waals surface area contributed by atoms with Crippen LogP contribution in [0, 0.1) is 5.41 Å². The molecule has 2 bridgehead atoms. The molecule has 3 heterocycles. The molecule has 21 heavy (non-hydrogen) atoms. The molecule has 0 radical (unpaired) electrons. The van der Waals surface area contributed by atoms with E-state index in [1.807, 2.05) is 0 Å². The minimum Gasteiger partial charge on any atom is -0.455 e. The summed E-state index contributed by atoms with van der Waals surface area (Å²) in [6.45, 7) is 1.92. The molecular weight excluding hydrogens is 300 g/mol. The minimum atomic E-state index is -4.81. The maximum absolute atomic E-state index is 13.5. The van der Waals surface area contributed by atoms with Crippen LogP contribution in [0.15, 0.2) is 0 Å². The van der Waals surface area contributed by atoms with E-state index in [-0.39, 0.29) is 0 Å². The third-order valence-corrected chi connectivity index (χ3v) is 4.16. The Balaban J connectivity index is 1.85. The maximum atomic E-state index is 13.5. The van der Waals surface area contributed by atoms with Gasteiger partial charge in [-0.05, 0) is 13.8 Å². The average Bonchev–Trinajstić information content (AvgIpc) is 2.88. The first kappa shape index (κ1) is 14.6. The number of halogens is 4. The molecule has 0 spiro atoms. The second-order valence-corrected chi connectivity index (χ2v) is 5.98. The van der Waals surface area contributed by atoms with Crippen LogP contribution in [0.2, 0.25) is 0 Å². The molecule has 0 aromatic rings. The molecule has 3 rings (SSSR count). The van der Waals surface area contributed by atoms with Gasteiger partial charge in [-0.2, -0.15) is 13.2 Å². The highest BCUT2D eigenvalue weighted by Crippen LogP contribution is 2.62. The first-order valence-corrected chi connectivity index (χ1v) is 6.32. The average molecular weight is 312 g/mol. The molecule has 118 valence electrons. The molecule has 5 atom stereocenters. The van der Waals surface area contributed by atoms with Crippen molar-refractivity contribution in [1.29, 1.82) is 0 Å². The van der Waals surface area contributed by atoms with Crippen molar-refractivity contribution >= 4 is 11.9 Å². The van der Waals surface area contributed by atoms with Crippen LogP contribution >= 0.6 is 0 Å². The van der Waals surface area contributed by atoms with Crippen LogP contribution in [0.3, 0.4) is 0 Å². The van der Waals surface area contributed by atoms with Crippen molar-refractivity contribution in [2.45, 2.75) is 56.5 Å². The summed E-state index contributed by atoms with van der Waals surface area (Å²) in [6, 6.07) is 0. The highest BCUT2D eigenvalue weighted by atomic mass is 19.4. The van der Waals surface area contributed by atoms with Gasteiger partial charge in [0.2, 0.25) is 5.67 Å². The summed E-state index contributed by atoms with van der Waals surface area (Å²) in [5.41, 5.74) is -5.00. The van der Waals surface area contributed by atoms with E-state index in [1.165, 1.54) is 0 Å². The van der Waals surface area contributed by atoms with Gasteiger partial charge in [0.05, 0.1) is 0 Å². The fourth-order valence-corrected chi connectivity index (χ4v) is 3.08. The van der Waals surface area contributed by atoms with E-state index in [2.05, 4.69) is 0 Å². The topological polar surface area (TPSA) is 61.8 Å². The Hall–Kier alpha value is -1.38. The maximum Gasteiger partial charge on any atom is 0.407 e. The molecule has 0 aliphatic carbocycles. The van der Waals surface area contributed by atoms with Crippen molar-refractivity contribution in [3.8, 4) is 0 Å². The predicted octanol–water partition coefficient (Wildman–Crippen LogP) is 1.29. The minimum absolute atomic E-state index is 0.679. The molecule has 3 aliphatic rings. The summed E-state index contributed by atoms with van der Waals surface area (Å²) in [7, 11) is 0. The van der Waals surface area contributed by atoms with Crippen LogP contribution in [0.25, 0.3) is 0 Å². The van der Waals surface area contributed by atoms with E-state index >= 15 is 0 Å². The first-order valence-electron chi connectivity index (χ1n) is 6.32. The Bertz CT molecular complexity index is 511. The standard InChI is InChI=1S/C12H12F4O5/c1-10(2,13)8(17)20-5-4-3-11(12(14,15)16)7(19-4)6(5)21-9(11)18/h4-7H,3H2,1-2H3. The molecule has 0 aromatic carbocycles. The molecule has 3 fully saturated rings. The molecule has 0 aromatic heterocycles. The molecular formula is C12H12F4O5. The first-order chi connectivity index (χ1) is 9.48. The predicted molar refractivity (Wildman–Crippen MR) is 56.7 cm³/mol. The number of carbonyl (C=O) groups excluding carboxylic acids is 2. The van der Waals surface area contributed by atoms with Gasteiger partial charge >= 0.3 is 18.1 Å². The Morgan fingerprint density at radius 2 is 1.95 bits per heavy atom. The quantitative estimate of drug-likeness (QED) is 0.568. The molecule has 0 amide bonds. The summed E-state index contributed by atoms with van der Waals surface area (Å²) in [4.78, 5) is 23.2.